The Labute approximate surface area is 105 Å². The lowest BCUT2D eigenvalue weighted by Gasteiger charge is -2.04. The molecule has 0 amide bonds. The van der Waals surface area contributed by atoms with Crippen LogP contribution in [0.3, 0.4) is 0 Å². The lowest BCUT2D eigenvalue weighted by molar-refractivity contribution is 0.645. The van der Waals surface area contributed by atoms with Gasteiger partial charge in [-0.25, -0.2) is 4.68 Å². The fourth-order valence-corrected chi connectivity index (χ4v) is 2.72. The van der Waals surface area contributed by atoms with Crippen molar-refractivity contribution in [3.63, 3.8) is 0 Å². The number of hydrogen-bond acceptors (Lipinski definition) is 4. The molecule has 0 radical (unpaired) electrons. The van der Waals surface area contributed by atoms with Crippen molar-refractivity contribution in [2.24, 2.45) is 0 Å². The van der Waals surface area contributed by atoms with Crippen molar-refractivity contribution in [1.82, 2.24) is 9.78 Å². The first kappa shape index (κ1) is 11.3. The SMILES string of the molecule is CNc1cnn(Cc2sccc2Br)c(=O)c1. The van der Waals surface area contributed by atoms with Crippen molar-refractivity contribution in [2.75, 3.05) is 12.4 Å². The third-order valence-electron chi connectivity index (χ3n) is 2.14. The Morgan fingerprint density at radius 3 is 3.00 bits per heavy atom. The summed E-state index contributed by atoms with van der Waals surface area (Å²) in [6.45, 7) is 0.501. The van der Waals surface area contributed by atoms with Gasteiger partial charge in [0.15, 0.2) is 0 Å². The standard InChI is InChI=1S/C10H10BrN3OS/c1-12-7-4-10(15)14(13-5-7)6-9-8(11)2-3-16-9/h2-5,12H,6H2,1H3. The van der Waals surface area contributed by atoms with Crippen LogP contribution in [0.5, 0.6) is 0 Å². The molecule has 16 heavy (non-hydrogen) atoms. The number of nitrogens with one attached hydrogen (secondary N) is 1. The molecule has 84 valence electrons. The monoisotopic (exact) mass is 299 g/mol. The van der Waals surface area contributed by atoms with Gasteiger partial charge in [0.1, 0.15) is 0 Å². The first-order valence-corrected chi connectivity index (χ1v) is 6.35. The quantitative estimate of drug-likeness (QED) is 0.945. The zero-order valence-electron chi connectivity index (χ0n) is 8.61. The summed E-state index contributed by atoms with van der Waals surface area (Å²) < 4.78 is 2.46. The maximum absolute atomic E-state index is 11.7. The van der Waals surface area contributed by atoms with E-state index in [0.29, 0.717) is 6.54 Å². The van der Waals surface area contributed by atoms with E-state index in [0.717, 1.165) is 15.0 Å². The van der Waals surface area contributed by atoms with Gasteiger partial charge in [-0.2, -0.15) is 5.10 Å². The molecule has 1 N–H and O–H groups in total. The van der Waals surface area contributed by atoms with Crippen molar-refractivity contribution in [3.8, 4) is 0 Å². The molecular weight excluding hydrogens is 290 g/mol. The molecule has 0 fully saturated rings. The topological polar surface area (TPSA) is 46.9 Å². The number of hydrogen-bond donors (Lipinski definition) is 1. The van der Waals surface area contributed by atoms with E-state index in [1.165, 1.54) is 10.7 Å². The highest BCUT2D eigenvalue weighted by molar-refractivity contribution is 9.10. The summed E-state index contributed by atoms with van der Waals surface area (Å²) in [5.41, 5.74) is 0.624. The molecule has 0 unspecified atom stereocenters. The Hall–Kier alpha value is -1.14. The second-order valence-electron chi connectivity index (χ2n) is 3.18. The number of aromatic nitrogens is 2. The minimum Gasteiger partial charge on any atom is -0.387 e. The first-order chi connectivity index (χ1) is 7.70. The molecule has 2 aromatic rings. The molecule has 2 rings (SSSR count). The van der Waals surface area contributed by atoms with Crippen LogP contribution in [0.4, 0.5) is 5.69 Å². The number of thiophene rings is 1. The first-order valence-electron chi connectivity index (χ1n) is 4.67. The van der Waals surface area contributed by atoms with Crippen molar-refractivity contribution >= 4 is 33.0 Å². The summed E-state index contributed by atoms with van der Waals surface area (Å²) in [7, 11) is 1.76. The van der Waals surface area contributed by atoms with Gasteiger partial charge in [0.25, 0.3) is 5.56 Å². The van der Waals surface area contributed by atoms with Crippen molar-refractivity contribution < 1.29 is 0 Å². The van der Waals surface area contributed by atoms with Crippen LogP contribution < -0.4 is 10.9 Å². The molecule has 0 atom stereocenters. The van der Waals surface area contributed by atoms with Crippen LogP contribution in [0, 0.1) is 0 Å². The van der Waals surface area contributed by atoms with Crippen LogP contribution in [0.2, 0.25) is 0 Å². The zero-order valence-corrected chi connectivity index (χ0v) is 11.0. The number of rotatable bonds is 3. The Balaban J connectivity index is 2.29. The summed E-state index contributed by atoms with van der Waals surface area (Å²) in [6.07, 6.45) is 1.64. The van der Waals surface area contributed by atoms with E-state index in [-0.39, 0.29) is 5.56 Å². The second kappa shape index (κ2) is 4.80. The van der Waals surface area contributed by atoms with Gasteiger partial charge < -0.3 is 5.32 Å². The molecule has 0 saturated heterocycles. The minimum absolute atomic E-state index is 0.104. The third kappa shape index (κ3) is 2.33. The molecule has 0 aliphatic rings. The van der Waals surface area contributed by atoms with E-state index in [4.69, 9.17) is 0 Å². The Kier molecular flexibility index (Phi) is 3.40. The van der Waals surface area contributed by atoms with Crippen LogP contribution >= 0.6 is 27.3 Å². The van der Waals surface area contributed by atoms with Gasteiger partial charge >= 0.3 is 0 Å². The summed E-state index contributed by atoms with van der Waals surface area (Å²) >= 11 is 5.03. The van der Waals surface area contributed by atoms with Crippen LogP contribution in [-0.2, 0) is 6.54 Å². The highest BCUT2D eigenvalue weighted by atomic mass is 79.9. The molecule has 0 aromatic carbocycles. The lowest BCUT2D eigenvalue weighted by Crippen LogP contribution is -2.22. The molecule has 2 heterocycles. The molecule has 0 saturated carbocycles. The van der Waals surface area contributed by atoms with Gasteiger partial charge in [-0.3, -0.25) is 4.79 Å². The lowest BCUT2D eigenvalue weighted by atomic mass is 10.4. The van der Waals surface area contributed by atoms with E-state index >= 15 is 0 Å². The highest BCUT2D eigenvalue weighted by Crippen LogP contribution is 2.22. The van der Waals surface area contributed by atoms with E-state index in [1.807, 2.05) is 11.4 Å². The maximum Gasteiger partial charge on any atom is 0.269 e. The van der Waals surface area contributed by atoms with Crippen LogP contribution in [-0.4, -0.2) is 16.8 Å². The fourth-order valence-electron chi connectivity index (χ4n) is 1.26. The average molecular weight is 300 g/mol. The molecular formula is C10H10BrN3OS. The van der Waals surface area contributed by atoms with E-state index < -0.39 is 0 Å². The molecule has 2 aromatic heterocycles. The van der Waals surface area contributed by atoms with Gasteiger partial charge in [-0.05, 0) is 27.4 Å². The second-order valence-corrected chi connectivity index (χ2v) is 5.04. The number of nitrogens with zero attached hydrogens (tertiary/aromatic N) is 2. The minimum atomic E-state index is -0.104. The maximum atomic E-state index is 11.7. The normalized spacial score (nSPS) is 10.4. The molecule has 0 spiro atoms. The zero-order chi connectivity index (χ0) is 11.5. The van der Waals surface area contributed by atoms with Crippen LogP contribution in [0.15, 0.2) is 33.0 Å². The Morgan fingerprint density at radius 1 is 1.62 bits per heavy atom. The molecule has 0 aliphatic heterocycles. The van der Waals surface area contributed by atoms with Crippen LogP contribution in [0.1, 0.15) is 4.88 Å². The van der Waals surface area contributed by atoms with E-state index in [2.05, 4.69) is 26.3 Å². The predicted octanol–water partition coefficient (Wildman–Crippen LogP) is 2.16. The van der Waals surface area contributed by atoms with E-state index in [9.17, 15) is 4.79 Å². The summed E-state index contributed by atoms with van der Waals surface area (Å²) in [4.78, 5) is 12.8. The third-order valence-corrected chi connectivity index (χ3v) is 4.05. The molecule has 4 nitrogen and oxygen atoms in total. The Morgan fingerprint density at radius 2 is 2.44 bits per heavy atom. The van der Waals surface area contributed by atoms with Crippen molar-refractivity contribution in [1.29, 1.82) is 0 Å². The van der Waals surface area contributed by atoms with E-state index in [1.54, 1.807) is 24.6 Å². The van der Waals surface area contributed by atoms with Gasteiger partial charge in [0, 0.05) is 22.5 Å². The number of anilines is 1. The summed E-state index contributed by atoms with van der Waals surface area (Å²) in [5, 5.41) is 8.95. The van der Waals surface area contributed by atoms with Gasteiger partial charge in [0.2, 0.25) is 0 Å². The van der Waals surface area contributed by atoms with Gasteiger partial charge in [-0.1, -0.05) is 0 Å². The van der Waals surface area contributed by atoms with Crippen LogP contribution in [0.25, 0.3) is 0 Å². The van der Waals surface area contributed by atoms with Gasteiger partial charge in [-0.15, -0.1) is 11.3 Å². The van der Waals surface area contributed by atoms with Gasteiger partial charge in [0.05, 0.1) is 18.4 Å². The fraction of sp³-hybridized carbons (Fsp3) is 0.200. The number of halogens is 1. The highest BCUT2D eigenvalue weighted by Gasteiger charge is 2.05. The summed E-state index contributed by atoms with van der Waals surface area (Å²) in [6, 6.07) is 3.50. The average Bonchev–Trinajstić information content (AvgIpc) is 2.67. The summed E-state index contributed by atoms with van der Waals surface area (Å²) in [5.74, 6) is 0. The Bertz CT molecular complexity index is 549. The largest absolute Gasteiger partial charge is 0.387 e. The smallest absolute Gasteiger partial charge is 0.269 e. The predicted molar refractivity (Wildman–Crippen MR) is 69.2 cm³/mol. The molecule has 0 bridgehead atoms. The molecule has 6 heteroatoms. The van der Waals surface area contributed by atoms with Crippen molar-refractivity contribution in [2.45, 2.75) is 6.54 Å². The van der Waals surface area contributed by atoms with Crippen molar-refractivity contribution in [3.05, 3.63) is 43.4 Å². The molecule has 0 aliphatic carbocycles.